The summed E-state index contributed by atoms with van der Waals surface area (Å²) in [5.41, 5.74) is 2.64. The van der Waals surface area contributed by atoms with Crippen molar-refractivity contribution in [3.63, 3.8) is 0 Å². The van der Waals surface area contributed by atoms with Gasteiger partial charge in [0.1, 0.15) is 24.3 Å². The molecule has 1 aliphatic heterocycles. The van der Waals surface area contributed by atoms with Gasteiger partial charge in [0.25, 0.3) is 5.91 Å². The van der Waals surface area contributed by atoms with Gasteiger partial charge >= 0.3 is 0 Å². The van der Waals surface area contributed by atoms with Crippen LogP contribution in [0.4, 0.5) is 4.39 Å². The summed E-state index contributed by atoms with van der Waals surface area (Å²) in [6.07, 6.45) is 2.86. The van der Waals surface area contributed by atoms with Crippen LogP contribution >= 0.6 is 11.6 Å². The van der Waals surface area contributed by atoms with Gasteiger partial charge in [-0.15, -0.1) is 0 Å². The van der Waals surface area contributed by atoms with Crippen LogP contribution in [0.1, 0.15) is 25.7 Å². The van der Waals surface area contributed by atoms with E-state index in [2.05, 4.69) is 16.1 Å². The minimum absolute atomic E-state index is 0.00206. The monoisotopic (exact) mass is 426 g/mol. The Morgan fingerprint density at radius 3 is 2.72 bits per heavy atom. The standard InChI is InChI=1S/C19H24ClFN4O4/c1-28-11-25-5-4-15(24-25)17(27)23-19-8-18(9-19,10-19)22-16(26)7-29-12-2-3-13(20)14(21)6-12/h2-3,6,15,24H,4-5,7-11H2,1H3,(H,22,26)(H,23,27). The van der Waals surface area contributed by atoms with Gasteiger partial charge < -0.3 is 20.1 Å². The molecule has 2 bridgehead atoms. The topological polar surface area (TPSA) is 91.9 Å². The molecule has 1 heterocycles. The number of carbonyl (C=O) groups excluding carboxylic acids is 2. The fraction of sp³-hybridized carbons (Fsp3) is 0.579. The fourth-order valence-corrected chi connectivity index (χ4v) is 4.65. The van der Waals surface area contributed by atoms with Gasteiger partial charge in [-0.3, -0.25) is 9.59 Å². The first-order valence-corrected chi connectivity index (χ1v) is 9.91. The minimum atomic E-state index is -0.594. The highest BCUT2D eigenvalue weighted by Gasteiger charge is 2.69. The van der Waals surface area contributed by atoms with Crippen molar-refractivity contribution >= 4 is 23.4 Å². The summed E-state index contributed by atoms with van der Waals surface area (Å²) in [5, 5.41) is 7.97. The Labute approximate surface area is 173 Å². The summed E-state index contributed by atoms with van der Waals surface area (Å²) < 4.78 is 23.8. The van der Waals surface area contributed by atoms with E-state index in [-0.39, 0.29) is 46.3 Å². The van der Waals surface area contributed by atoms with Crippen molar-refractivity contribution in [3.8, 4) is 5.75 Å². The summed E-state index contributed by atoms with van der Waals surface area (Å²) in [5.74, 6) is -0.636. The second-order valence-corrected chi connectivity index (χ2v) is 8.55. The quantitative estimate of drug-likeness (QED) is 0.573. The molecule has 1 saturated heterocycles. The van der Waals surface area contributed by atoms with Gasteiger partial charge in [0.05, 0.1) is 5.02 Å². The molecule has 1 aromatic rings. The van der Waals surface area contributed by atoms with Gasteiger partial charge in [-0.25, -0.2) is 14.8 Å². The summed E-state index contributed by atoms with van der Waals surface area (Å²) in [6, 6.07) is 3.78. The van der Waals surface area contributed by atoms with E-state index in [0.717, 1.165) is 19.0 Å². The third kappa shape index (κ3) is 4.18. The maximum Gasteiger partial charge on any atom is 0.258 e. The smallest absolute Gasteiger partial charge is 0.258 e. The Hall–Kier alpha value is -1.94. The van der Waals surface area contributed by atoms with E-state index < -0.39 is 5.82 Å². The highest BCUT2D eigenvalue weighted by Crippen LogP contribution is 2.60. The van der Waals surface area contributed by atoms with Crippen molar-refractivity contribution in [1.29, 1.82) is 0 Å². The van der Waals surface area contributed by atoms with Crippen molar-refractivity contribution in [1.82, 2.24) is 21.1 Å². The first-order valence-electron chi connectivity index (χ1n) is 9.53. The van der Waals surface area contributed by atoms with E-state index in [1.165, 1.54) is 12.1 Å². The van der Waals surface area contributed by atoms with Crippen LogP contribution in [0.15, 0.2) is 18.2 Å². The van der Waals surface area contributed by atoms with Crippen LogP contribution in [0.2, 0.25) is 5.02 Å². The summed E-state index contributed by atoms with van der Waals surface area (Å²) in [6.45, 7) is 0.995. The van der Waals surface area contributed by atoms with E-state index in [1.807, 2.05) is 5.01 Å². The van der Waals surface area contributed by atoms with Crippen molar-refractivity contribution < 1.29 is 23.5 Å². The number of nitrogens with zero attached hydrogens (tertiary/aromatic N) is 1. The lowest BCUT2D eigenvalue weighted by atomic mass is 9.44. The number of rotatable bonds is 8. The molecule has 29 heavy (non-hydrogen) atoms. The van der Waals surface area contributed by atoms with Crippen LogP contribution < -0.4 is 20.8 Å². The Kier molecular flexibility index (Phi) is 5.41. The van der Waals surface area contributed by atoms with E-state index in [1.54, 1.807) is 7.11 Å². The largest absolute Gasteiger partial charge is 0.484 e. The SMILES string of the molecule is COCN1CCC(C(=O)NC23CC(NC(=O)COc4ccc(Cl)c(F)c4)(C2)C3)N1. The zero-order valence-corrected chi connectivity index (χ0v) is 16.9. The van der Waals surface area contributed by atoms with Crippen LogP contribution in [0.3, 0.4) is 0 Å². The number of hydrogen-bond donors (Lipinski definition) is 3. The van der Waals surface area contributed by atoms with Crippen LogP contribution in [0, 0.1) is 5.82 Å². The molecule has 1 atom stereocenters. The highest BCUT2D eigenvalue weighted by molar-refractivity contribution is 6.30. The molecule has 8 nitrogen and oxygen atoms in total. The van der Waals surface area contributed by atoms with Gasteiger partial charge in [-0.1, -0.05) is 11.6 Å². The van der Waals surface area contributed by atoms with Crippen molar-refractivity contribution in [2.75, 3.05) is 27.0 Å². The molecule has 0 aromatic heterocycles. The van der Waals surface area contributed by atoms with Gasteiger partial charge in [0.2, 0.25) is 5.91 Å². The van der Waals surface area contributed by atoms with Gasteiger partial charge in [0, 0.05) is 30.8 Å². The third-order valence-corrected chi connectivity index (χ3v) is 6.02. The normalized spacial score (nSPS) is 30.2. The number of amides is 2. The molecular formula is C19H24ClFN4O4. The number of carbonyl (C=O) groups is 2. The molecule has 4 fully saturated rings. The molecule has 3 aliphatic carbocycles. The number of benzene rings is 1. The van der Waals surface area contributed by atoms with E-state index in [0.29, 0.717) is 26.0 Å². The molecule has 4 aliphatic rings. The number of methoxy groups -OCH3 is 1. The first kappa shape index (κ1) is 20.3. The average Bonchev–Trinajstić information content (AvgIpc) is 3.09. The van der Waals surface area contributed by atoms with E-state index >= 15 is 0 Å². The van der Waals surface area contributed by atoms with Gasteiger partial charge in [0.15, 0.2) is 6.61 Å². The molecule has 3 saturated carbocycles. The van der Waals surface area contributed by atoms with Crippen LogP contribution in [-0.2, 0) is 14.3 Å². The van der Waals surface area contributed by atoms with E-state index in [9.17, 15) is 14.0 Å². The summed E-state index contributed by atoms with van der Waals surface area (Å²) in [4.78, 5) is 24.6. The lowest BCUT2D eigenvalue weighted by Gasteiger charge is -2.70. The summed E-state index contributed by atoms with van der Waals surface area (Å²) >= 11 is 5.62. The van der Waals surface area contributed by atoms with Crippen LogP contribution in [-0.4, -0.2) is 60.9 Å². The Balaban J connectivity index is 1.18. The van der Waals surface area contributed by atoms with E-state index in [4.69, 9.17) is 21.1 Å². The number of hydrogen-bond acceptors (Lipinski definition) is 6. The lowest BCUT2D eigenvalue weighted by Crippen LogP contribution is -2.84. The molecule has 10 heteroatoms. The fourth-order valence-electron chi connectivity index (χ4n) is 4.53. The molecule has 158 valence electrons. The maximum atomic E-state index is 13.4. The molecule has 0 spiro atoms. The van der Waals surface area contributed by atoms with Crippen LogP contribution in [0.5, 0.6) is 5.75 Å². The zero-order valence-electron chi connectivity index (χ0n) is 16.1. The lowest BCUT2D eigenvalue weighted by molar-refractivity contribution is -0.151. The van der Waals surface area contributed by atoms with Gasteiger partial charge in [-0.05, 0) is 37.8 Å². The van der Waals surface area contributed by atoms with Crippen molar-refractivity contribution in [3.05, 3.63) is 29.0 Å². The minimum Gasteiger partial charge on any atom is -0.484 e. The predicted molar refractivity (Wildman–Crippen MR) is 103 cm³/mol. The molecule has 3 N–H and O–H groups in total. The second kappa shape index (κ2) is 7.71. The van der Waals surface area contributed by atoms with Crippen molar-refractivity contribution in [2.45, 2.75) is 42.8 Å². The Morgan fingerprint density at radius 1 is 1.31 bits per heavy atom. The Bertz CT molecular complexity index is 804. The molecule has 1 unspecified atom stereocenters. The molecule has 5 rings (SSSR count). The van der Waals surface area contributed by atoms with Crippen molar-refractivity contribution in [2.24, 2.45) is 0 Å². The number of nitrogens with one attached hydrogen (secondary N) is 3. The third-order valence-electron chi connectivity index (χ3n) is 5.71. The zero-order chi connectivity index (χ0) is 20.6. The molecule has 0 radical (unpaired) electrons. The second-order valence-electron chi connectivity index (χ2n) is 8.14. The highest BCUT2D eigenvalue weighted by atomic mass is 35.5. The number of ether oxygens (including phenoxy) is 2. The van der Waals surface area contributed by atoms with Crippen LogP contribution in [0.25, 0.3) is 0 Å². The first-order chi connectivity index (χ1) is 13.8. The molecule has 1 aromatic carbocycles. The summed E-state index contributed by atoms with van der Waals surface area (Å²) in [7, 11) is 1.61. The Morgan fingerprint density at radius 2 is 2.03 bits per heavy atom. The molecular weight excluding hydrogens is 403 g/mol. The maximum absolute atomic E-state index is 13.4. The number of hydrazine groups is 1. The average molecular weight is 427 g/mol. The predicted octanol–water partition coefficient (Wildman–Crippen LogP) is 0.948. The van der Waals surface area contributed by atoms with Gasteiger partial charge in [-0.2, -0.15) is 0 Å². The number of halogens is 2. The molecule has 2 amide bonds.